The number of benzene rings is 1. The van der Waals surface area contributed by atoms with Crippen LogP contribution in [0.5, 0.6) is 0 Å². The fraction of sp³-hybridized carbons (Fsp3) is 0.353. The van der Waals surface area contributed by atoms with Gasteiger partial charge >= 0.3 is 0 Å². The first-order valence-electron chi connectivity index (χ1n) is 7.18. The molecule has 0 fully saturated rings. The quantitative estimate of drug-likeness (QED) is 0.853. The molecule has 20 heavy (non-hydrogen) atoms. The molecule has 0 aliphatic heterocycles. The first kappa shape index (κ1) is 15.0. The molecule has 1 N–H and O–H groups in total. The molecule has 2 nitrogen and oxygen atoms in total. The van der Waals surface area contributed by atoms with Crippen LogP contribution in [-0.2, 0) is 6.42 Å². The molecular weight excluding hydrogens is 268 g/mol. The fourth-order valence-corrected chi connectivity index (χ4v) is 2.34. The van der Waals surface area contributed by atoms with Crippen molar-refractivity contribution in [3.63, 3.8) is 0 Å². The van der Waals surface area contributed by atoms with Crippen molar-refractivity contribution in [3.05, 3.63) is 64.4 Å². The minimum atomic E-state index is 0.124. The summed E-state index contributed by atoms with van der Waals surface area (Å²) in [6.07, 6.45) is 3.85. The molecule has 2 aromatic rings. The average molecular weight is 289 g/mol. The highest BCUT2D eigenvalue weighted by Crippen LogP contribution is 2.22. The monoisotopic (exact) mass is 288 g/mol. The molecule has 1 aromatic carbocycles. The lowest BCUT2D eigenvalue weighted by atomic mass is 9.99. The molecule has 2 rings (SSSR count). The minimum absolute atomic E-state index is 0.124. The number of nitrogens with one attached hydrogen (secondary N) is 1. The van der Waals surface area contributed by atoms with Gasteiger partial charge in [0.25, 0.3) is 0 Å². The van der Waals surface area contributed by atoms with E-state index >= 15 is 0 Å². The molecule has 0 saturated carbocycles. The Morgan fingerprint density at radius 3 is 2.70 bits per heavy atom. The van der Waals surface area contributed by atoms with Gasteiger partial charge in [-0.15, -0.1) is 0 Å². The Hall–Kier alpha value is -1.38. The van der Waals surface area contributed by atoms with E-state index in [1.807, 2.05) is 12.1 Å². The van der Waals surface area contributed by atoms with Crippen molar-refractivity contribution in [1.29, 1.82) is 0 Å². The SMILES string of the molecule is CCCNC(c1cccc(CC)c1)c1ccc(Cl)cn1. The maximum Gasteiger partial charge on any atom is 0.0751 e. The van der Waals surface area contributed by atoms with E-state index in [0.29, 0.717) is 5.02 Å². The maximum absolute atomic E-state index is 5.93. The van der Waals surface area contributed by atoms with E-state index in [1.54, 1.807) is 6.20 Å². The lowest BCUT2D eigenvalue weighted by molar-refractivity contribution is 0.586. The first-order chi connectivity index (χ1) is 9.74. The number of rotatable bonds is 6. The minimum Gasteiger partial charge on any atom is -0.305 e. The van der Waals surface area contributed by atoms with E-state index < -0.39 is 0 Å². The summed E-state index contributed by atoms with van der Waals surface area (Å²) in [7, 11) is 0. The van der Waals surface area contributed by atoms with Crippen LogP contribution >= 0.6 is 11.6 Å². The summed E-state index contributed by atoms with van der Waals surface area (Å²) in [5.41, 5.74) is 3.61. The predicted molar refractivity (Wildman–Crippen MR) is 85.2 cm³/mol. The molecule has 0 radical (unpaired) electrons. The third kappa shape index (κ3) is 3.81. The summed E-state index contributed by atoms with van der Waals surface area (Å²) in [4.78, 5) is 4.47. The third-order valence-corrected chi connectivity index (χ3v) is 3.56. The fourth-order valence-electron chi connectivity index (χ4n) is 2.23. The maximum atomic E-state index is 5.93. The lowest BCUT2D eigenvalue weighted by Crippen LogP contribution is -2.24. The Morgan fingerprint density at radius 1 is 1.20 bits per heavy atom. The van der Waals surface area contributed by atoms with E-state index in [9.17, 15) is 0 Å². The van der Waals surface area contributed by atoms with E-state index in [-0.39, 0.29) is 6.04 Å². The Balaban J connectivity index is 2.32. The van der Waals surface area contributed by atoms with Gasteiger partial charge in [0.15, 0.2) is 0 Å². The number of nitrogens with zero attached hydrogens (tertiary/aromatic N) is 1. The number of hydrogen-bond acceptors (Lipinski definition) is 2. The van der Waals surface area contributed by atoms with Gasteiger partial charge < -0.3 is 5.32 Å². The van der Waals surface area contributed by atoms with Crippen LogP contribution in [0, 0.1) is 0 Å². The standard InChI is InChI=1S/C17H21ClN2/c1-3-10-19-17(16-9-8-15(18)12-20-16)14-7-5-6-13(4-2)11-14/h5-9,11-12,17,19H,3-4,10H2,1-2H3. The third-order valence-electron chi connectivity index (χ3n) is 3.34. The second-order valence-electron chi connectivity index (χ2n) is 4.89. The van der Waals surface area contributed by atoms with Crippen molar-refractivity contribution < 1.29 is 0 Å². The van der Waals surface area contributed by atoms with Gasteiger partial charge in [-0.05, 0) is 42.6 Å². The summed E-state index contributed by atoms with van der Waals surface area (Å²) in [6.45, 7) is 5.31. The van der Waals surface area contributed by atoms with Crippen LogP contribution in [0.1, 0.15) is 43.1 Å². The normalized spacial score (nSPS) is 12.3. The van der Waals surface area contributed by atoms with Gasteiger partial charge in [-0.1, -0.05) is 49.7 Å². The van der Waals surface area contributed by atoms with Gasteiger partial charge in [0.1, 0.15) is 0 Å². The van der Waals surface area contributed by atoms with E-state index in [1.165, 1.54) is 11.1 Å². The van der Waals surface area contributed by atoms with Gasteiger partial charge in [-0.3, -0.25) is 4.98 Å². The van der Waals surface area contributed by atoms with Gasteiger partial charge in [-0.25, -0.2) is 0 Å². The molecule has 3 heteroatoms. The molecule has 1 heterocycles. The number of hydrogen-bond donors (Lipinski definition) is 1. The highest BCUT2D eigenvalue weighted by molar-refractivity contribution is 6.30. The molecule has 0 aliphatic rings. The van der Waals surface area contributed by atoms with Gasteiger partial charge in [0.2, 0.25) is 0 Å². The van der Waals surface area contributed by atoms with E-state index in [0.717, 1.165) is 25.1 Å². The van der Waals surface area contributed by atoms with Gasteiger partial charge in [-0.2, -0.15) is 0 Å². The number of pyridine rings is 1. The van der Waals surface area contributed by atoms with Gasteiger partial charge in [0.05, 0.1) is 16.8 Å². The number of halogens is 1. The highest BCUT2D eigenvalue weighted by atomic mass is 35.5. The summed E-state index contributed by atoms with van der Waals surface area (Å²) in [6, 6.07) is 12.7. The largest absolute Gasteiger partial charge is 0.305 e. The Kier molecular flexibility index (Phi) is 5.57. The van der Waals surface area contributed by atoms with Crippen LogP contribution in [0.3, 0.4) is 0 Å². The Bertz CT molecular complexity index is 537. The average Bonchev–Trinajstić information content (AvgIpc) is 2.49. The van der Waals surface area contributed by atoms with E-state index in [4.69, 9.17) is 11.6 Å². The zero-order valence-electron chi connectivity index (χ0n) is 12.1. The van der Waals surface area contributed by atoms with Crippen LogP contribution in [0.4, 0.5) is 0 Å². The van der Waals surface area contributed by atoms with Crippen molar-refractivity contribution in [2.75, 3.05) is 6.54 Å². The lowest BCUT2D eigenvalue weighted by Gasteiger charge is -2.19. The van der Waals surface area contributed by atoms with Gasteiger partial charge in [0, 0.05) is 6.20 Å². The number of aryl methyl sites for hydroxylation is 1. The van der Waals surface area contributed by atoms with Crippen molar-refractivity contribution in [2.45, 2.75) is 32.7 Å². The number of aromatic nitrogens is 1. The van der Waals surface area contributed by atoms with Crippen molar-refractivity contribution in [1.82, 2.24) is 10.3 Å². The second-order valence-corrected chi connectivity index (χ2v) is 5.32. The molecule has 0 spiro atoms. The zero-order valence-corrected chi connectivity index (χ0v) is 12.8. The zero-order chi connectivity index (χ0) is 14.4. The molecule has 1 aromatic heterocycles. The predicted octanol–water partition coefficient (Wildman–Crippen LogP) is 4.39. The van der Waals surface area contributed by atoms with Crippen LogP contribution in [0.2, 0.25) is 5.02 Å². The molecule has 106 valence electrons. The van der Waals surface area contributed by atoms with Crippen LogP contribution in [0.25, 0.3) is 0 Å². The molecule has 0 amide bonds. The van der Waals surface area contributed by atoms with Crippen LogP contribution in [0.15, 0.2) is 42.6 Å². The smallest absolute Gasteiger partial charge is 0.0751 e. The summed E-state index contributed by atoms with van der Waals surface area (Å²) in [5, 5.41) is 4.24. The Labute approximate surface area is 126 Å². The Morgan fingerprint density at radius 2 is 2.05 bits per heavy atom. The topological polar surface area (TPSA) is 24.9 Å². The first-order valence-corrected chi connectivity index (χ1v) is 7.56. The molecule has 1 atom stereocenters. The van der Waals surface area contributed by atoms with Crippen molar-refractivity contribution >= 4 is 11.6 Å². The van der Waals surface area contributed by atoms with E-state index in [2.05, 4.69) is 48.4 Å². The summed E-state index contributed by atoms with van der Waals surface area (Å²) < 4.78 is 0. The second kappa shape index (κ2) is 7.41. The van der Waals surface area contributed by atoms with Crippen LogP contribution < -0.4 is 5.32 Å². The molecule has 0 saturated heterocycles. The van der Waals surface area contributed by atoms with Crippen molar-refractivity contribution in [2.24, 2.45) is 0 Å². The van der Waals surface area contributed by atoms with Crippen LogP contribution in [-0.4, -0.2) is 11.5 Å². The molecular formula is C17H21ClN2. The van der Waals surface area contributed by atoms with Crippen molar-refractivity contribution in [3.8, 4) is 0 Å². The summed E-state index contributed by atoms with van der Waals surface area (Å²) in [5.74, 6) is 0. The molecule has 0 bridgehead atoms. The molecule has 0 aliphatic carbocycles. The highest BCUT2D eigenvalue weighted by Gasteiger charge is 2.14. The molecule has 1 unspecified atom stereocenters. The summed E-state index contributed by atoms with van der Waals surface area (Å²) >= 11 is 5.93.